The summed E-state index contributed by atoms with van der Waals surface area (Å²) >= 11 is 9.25. The minimum Gasteiger partial charge on any atom is -0.477 e. The van der Waals surface area contributed by atoms with Crippen LogP contribution in [-0.4, -0.2) is 71.0 Å². The number of aliphatic hydroxyl groups is 1. The smallest absolute Gasteiger partial charge is 0.353 e. The highest BCUT2D eigenvalue weighted by Gasteiger charge is 2.54. The van der Waals surface area contributed by atoms with E-state index in [4.69, 9.17) is 17.3 Å². The number of hydrogen-bond donors (Lipinski definition) is 5. The van der Waals surface area contributed by atoms with E-state index in [-0.39, 0.29) is 33.2 Å². The summed E-state index contributed by atoms with van der Waals surface area (Å²) in [5.41, 5.74) is 5.23. The Kier molecular flexibility index (Phi) is 6.99. The van der Waals surface area contributed by atoms with Crippen LogP contribution in [0.3, 0.4) is 0 Å². The van der Waals surface area contributed by atoms with Crippen LogP contribution < -0.4 is 11.1 Å². The van der Waals surface area contributed by atoms with Gasteiger partial charge in [0.05, 0.1) is 6.61 Å². The molecule has 2 amide bonds. The van der Waals surface area contributed by atoms with Crippen molar-refractivity contribution in [1.82, 2.24) is 20.2 Å². The molecule has 0 unspecified atom stereocenters. The zero-order chi connectivity index (χ0) is 24.6. The average Bonchev–Trinajstić information content (AvgIpc) is 3.15. The van der Waals surface area contributed by atoms with Crippen molar-refractivity contribution in [2.45, 2.75) is 22.9 Å². The van der Waals surface area contributed by atoms with Crippen molar-refractivity contribution in [2.24, 2.45) is 5.16 Å². The standard InChI is InChI=1S/C18H15ClN6O6S3/c19-13-9(23-18(20)34-13)10(24-31)14(27)22-11-15(28)25-12(17(29)30)8(5-32-16(11)25)33-7-1-2-21-3-6(7)4-26/h1-3,11,16,26,31H,4-5H2,(H2,20,23)(H,22,27)(H,29,30)/b24-10-/t11-,16-/m1/s1. The number of fused-ring (bicyclic) bond motifs is 1. The summed E-state index contributed by atoms with van der Waals surface area (Å²) in [6.45, 7) is -0.276. The maximum Gasteiger partial charge on any atom is 0.353 e. The maximum absolute atomic E-state index is 12.9. The first-order valence-electron chi connectivity index (χ1n) is 9.34. The molecule has 6 N–H and O–H groups in total. The Morgan fingerprint density at radius 2 is 2.21 bits per heavy atom. The summed E-state index contributed by atoms with van der Waals surface area (Å²) < 4.78 is 0.0326. The molecule has 0 radical (unpaired) electrons. The molecule has 2 aromatic heterocycles. The maximum atomic E-state index is 12.9. The van der Waals surface area contributed by atoms with Crippen molar-refractivity contribution in [3.8, 4) is 0 Å². The van der Waals surface area contributed by atoms with Gasteiger partial charge < -0.3 is 26.5 Å². The Hall–Kier alpha value is -2.85. The number of carboxylic acids is 1. The molecule has 12 nitrogen and oxygen atoms in total. The van der Waals surface area contributed by atoms with Gasteiger partial charge in [0.15, 0.2) is 10.8 Å². The lowest BCUT2D eigenvalue weighted by Gasteiger charge is -2.49. The third-order valence-electron chi connectivity index (χ3n) is 4.83. The number of nitrogens with zero attached hydrogens (tertiary/aromatic N) is 4. The first-order chi connectivity index (χ1) is 16.3. The molecule has 2 aliphatic heterocycles. The number of anilines is 1. The number of thiazole rings is 1. The highest BCUT2D eigenvalue weighted by atomic mass is 35.5. The van der Waals surface area contributed by atoms with Crippen molar-refractivity contribution < 1.29 is 29.8 Å². The number of nitrogen functional groups attached to an aromatic ring is 1. The molecule has 0 bridgehead atoms. The molecule has 1 saturated heterocycles. The van der Waals surface area contributed by atoms with Gasteiger partial charge in [-0.25, -0.2) is 9.78 Å². The van der Waals surface area contributed by atoms with E-state index >= 15 is 0 Å². The summed E-state index contributed by atoms with van der Waals surface area (Å²) in [5.74, 6) is -2.61. The second-order valence-corrected chi connectivity index (χ2v) is 10.7. The van der Waals surface area contributed by atoms with Crippen LogP contribution in [0.1, 0.15) is 11.3 Å². The number of β-lactam (4-membered cyclic amide) rings is 1. The van der Waals surface area contributed by atoms with Gasteiger partial charge in [-0.2, -0.15) is 0 Å². The molecule has 1 fully saturated rings. The van der Waals surface area contributed by atoms with Gasteiger partial charge in [0.2, 0.25) is 0 Å². The summed E-state index contributed by atoms with van der Waals surface area (Å²) in [7, 11) is 0. The molecule has 0 aliphatic carbocycles. The molecule has 34 heavy (non-hydrogen) atoms. The van der Waals surface area contributed by atoms with Crippen LogP contribution in [0.4, 0.5) is 5.13 Å². The van der Waals surface area contributed by atoms with Crippen molar-refractivity contribution in [3.05, 3.63) is 44.7 Å². The monoisotopic (exact) mass is 542 g/mol. The van der Waals surface area contributed by atoms with Crippen molar-refractivity contribution in [2.75, 3.05) is 11.5 Å². The number of aromatic nitrogens is 2. The highest BCUT2D eigenvalue weighted by Crippen LogP contribution is 2.45. The second-order valence-electron chi connectivity index (χ2n) is 6.80. The molecule has 178 valence electrons. The predicted octanol–water partition coefficient (Wildman–Crippen LogP) is 0.933. The third kappa shape index (κ3) is 4.32. The number of aliphatic carboxylic acids is 1. The molecular weight excluding hydrogens is 528 g/mol. The summed E-state index contributed by atoms with van der Waals surface area (Å²) in [6.07, 6.45) is 3.00. The summed E-state index contributed by atoms with van der Waals surface area (Å²) in [6, 6.07) is 0.589. The lowest BCUT2D eigenvalue weighted by atomic mass is 10.0. The van der Waals surface area contributed by atoms with Crippen LogP contribution in [0, 0.1) is 0 Å². The van der Waals surface area contributed by atoms with E-state index in [1.807, 2.05) is 0 Å². The van der Waals surface area contributed by atoms with E-state index in [0.29, 0.717) is 15.4 Å². The summed E-state index contributed by atoms with van der Waals surface area (Å²) in [5, 5.41) is 33.4. The van der Waals surface area contributed by atoms with Crippen LogP contribution in [0.5, 0.6) is 0 Å². The van der Waals surface area contributed by atoms with E-state index in [9.17, 15) is 29.8 Å². The number of aliphatic hydroxyl groups excluding tert-OH is 1. The van der Waals surface area contributed by atoms with Gasteiger partial charge in [0.25, 0.3) is 11.8 Å². The Labute approximate surface area is 208 Å². The van der Waals surface area contributed by atoms with Gasteiger partial charge in [-0.05, 0) is 6.07 Å². The predicted molar refractivity (Wildman–Crippen MR) is 126 cm³/mol. The van der Waals surface area contributed by atoms with Gasteiger partial charge in [0.1, 0.15) is 27.1 Å². The van der Waals surface area contributed by atoms with E-state index < -0.39 is 34.9 Å². The number of carbonyl (C=O) groups is 3. The lowest BCUT2D eigenvalue weighted by molar-refractivity contribution is -0.150. The molecule has 2 aliphatic rings. The number of nitrogens with two attached hydrogens (primary N) is 1. The van der Waals surface area contributed by atoms with Crippen molar-refractivity contribution in [3.63, 3.8) is 0 Å². The van der Waals surface area contributed by atoms with E-state index in [1.54, 1.807) is 6.07 Å². The largest absolute Gasteiger partial charge is 0.477 e. The first kappa shape index (κ1) is 24.3. The fourth-order valence-electron chi connectivity index (χ4n) is 3.31. The molecule has 2 aromatic rings. The van der Waals surface area contributed by atoms with Crippen LogP contribution >= 0.6 is 46.5 Å². The number of carboxylic acid groups (broad SMARTS) is 1. The normalized spacial score (nSPS) is 20.1. The molecule has 4 heterocycles. The van der Waals surface area contributed by atoms with Crippen LogP contribution in [0.2, 0.25) is 4.34 Å². The number of oxime groups is 1. The van der Waals surface area contributed by atoms with Crippen LogP contribution in [0.25, 0.3) is 0 Å². The highest BCUT2D eigenvalue weighted by molar-refractivity contribution is 8.06. The van der Waals surface area contributed by atoms with Gasteiger partial charge in [0, 0.05) is 33.5 Å². The number of pyridine rings is 1. The fourth-order valence-corrected chi connectivity index (χ4v) is 6.80. The molecular formula is C18H15ClN6O6S3. The number of thioether (sulfide) groups is 2. The summed E-state index contributed by atoms with van der Waals surface area (Å²) in [4.78, 5) is 47.5. The Morgan fingerprint density at radius 3 is 2.82 bits per heavy atom. The molecule has 4 rings (SSSR count). The number of halogens is 1. The van der Waals surface area contributed by atoms with Gasteiger partial charge >= 0.3 is 5.97 Å². The fraction of sp³-hybridized carbons (Fsp3) is 0.222. The van der Waals surface area contributed by atoms with E-state index in [2.05, 4.69) is 20.4 Å². The van der Waals surface area contributed by atoms with E-state index in [1.165, 1.54) is 24.2 Å². The van der Waals surface area contributed by atoms with Crippen molar-refractivity contribution >= 4 is 75.1 Å². The quantitative estimate of drug-likeness (QED) is 0.145. The van der Waals surface area contributed by atoms with Gasteiger partial charge in [-0.1, -0.05) is 39.9 Å². The lowest BCUT2D eigenvalue weighted by Crippen LogP contribution is -2.71. The molecule has 0 aromatic carbocycles. The third-order valence-corrected chi connectivity index (χ3v) is 8.57. The molecule has 2 atom stereocenters. The number of nitrogens with one attached hydrogen (secondary N) is 1. The second kappa shape index (κ2) is 9.79. The average molecular weight is 543 g/mol. The van der Waals surface area contributed by atoms with Crippen molar-refractivity contribution in [1.29, 1.82) is 0 Å². The van der Waals surface area contributed by atoms with Crippen LogP contribution in [-0.2, 0) is 21.0 Å². The minimum atomic E-state index is -1.30. The molecule has 16 heteroatoms. The topological polar surface area (TPSA) is 191 Å². The molecule has 0 saturated carbocycles. The zero-order valence-corrected chi connectivity index (χ0v) is 20.0. The number of amides is 2. The van der Waals surface area contributed by atoms with E-state index in [0.717, 1.165) is 28.0 Å². The number of hydrogen-bond acceptors (Lipinski definition) is 12. The Morgan fingerprint density at radius 1 is 1.44 bits per heavy atom. The SMILES string of the molecule is Nc1nc(/C(=N/O)C(=O)N[C@@H]2C(=O)N3C(C(=O)O)=C(Sc4ccncc4CO)CS[C@H]23)c(Cl)s1. The van der Waals surface area contributed by atoms with Gasteiger partial charge in [-0.3, -0.25) is 19.5 Å². The Balaban J connectivity index is 1.55. The molecule has 0 spiro atoms. The number of carbonyl (C=O) groups excluding carboxylic acids is 2. The first-order valence-corrected chi connectivity index (χ1v) is 12.4. The number of rotatable bonds is 7. The zero-order valence-electron chi connectivity index (χ0n) is 16.8. The van der Waals surface area contributed by atoms with Crippen LogP contribution in [0.15, 0.2) is 39.1 Å². The van der Waals surface area contributed by atoms with Gasteiger partial charge in [-0.15, -0.1) is 11.8 Å². The Bertz CT molecular complexity index is 1250. The minimum absolute atomic E-state index is 0.0326.